The van der Waals surface area contributed by atoms with Gasteiger partial charge in [-0.1, -0.05) is 121 Å². The maximum Gasteiger partial charge on any atom is 0.342 e. The molecule has 0 aliphatic heterocycles. The molecule has 0 bridgehead atoms. The molecule has 0 N–H and O–H groups in total. The number of ether oxygens (including phenoxy) is 1. The van der Waals surface area contributed by atoms with Crippen LogP contribution >= 0.6 is 18.8 Å². The van der Waals surface area contributed by atoms with Crippen LogP contribution in [0.15, 0.2) is 131 Å². The second-order valence-corrected chi connectivity index (χ2v) is 12.8. The largest absolute Gasteiger partial charge is 0.462 e. The molecule has 0 atom stereocenters. The van der Waals surface area contributed by atoms with E-state index < -0.39 is 13.0 Å². The van der Waals surface area contributed by atoms with Crippen molar-refractivity contribution in [1.82, 2.24) is 4.98 Å². The summed E-state index contributed by atoms with van der Waals surface area (Å²) in [4.78, 5) is 18.6. The molecule has 0 unspecified atom stereocenters. The van der Waals surface area contributed by atoms with Crippen LogP contribution in [-0.2, 0) is 4.74 Å². The van der Waals surface area contributed by atoms with Crippen molar-refractivity contribution in [3.63, 3.8) is 0 Å². The Morgan fingerprint density at radius 3 is 1.71 bits per heavy atom. The maximum atomic E-state index is 13.8. The number of aromatic nitrogens is 1. The van der Waals surface area contributed by atoms with E-state index in [-0.39, 0.29) is 17.7 Å². The van der Waals surface area contributed by atoms with Crippen LogP contribution in [0.2, 0.25) is 0 Å². The summed E-state index contributed by atoms with van der Waals surface area (Å²) in [5.41, 5.74) is 1.94. The van der Waals surface area contributed by atoms with Crippen LogP contribution in [0.3, 0.4) is 0 Å². The Hall–Kier alpha value is -4.43. The Morgan fingerprint density at radius 2 is 1.29 bits per heavy atom. The molecule has 0 fully saturated rings. The van der Waals surface area contributed by atoms with Crippen molar-refractivity contribution in [1.29, 1.82) is 5.26 Å². The van der Waals surface area contributed by atoms with Crippen LogP contribution in [0.5, 0.6) is 0 Å². The molecule has 202 valence electrons. The van der Waals surface area contributed by atoms with Gasteiger partial charge < -0.3 is 4.74 Å². The topological polar surface area (TPSA) is 75.3 Å². The lowest BCUT2D eigenvalue weighted by Crippen LogP contribution is -2.25. The molecule has 1 heterocycles. The van der Waals surface area contributed by atoms with Gasteiger partial charge in [0, 0.05) is 21.5 Å². The zero-order chi connectivity index (χ0) is 28.7. The first-order chi connectivity index (χ1) is 20.1. The summed E-state index contributed by atoms with van der Waals surface area (Å²) < 4.78 is 11.2. The van der Waals surface area contributed by atoms with E-state index in [0.29, 0.717) is 16.4 Å². The van der Waals surface area contributed by atoms with E-state index in [2.05, 4.69) is 42.5 Å². The van der Waals surface area contributed by atoms with E-state index in [9.17, 15) is 10.1 Å². The smallest absolute Gasteiger partial charge is 0.342 e. The van der Waals surface area contributed by atoms with Gasteiger partial charge >= 0.3 is 5.97 Å². The van der Waals surface area contributed by atoms with Gasteiger partial charge in [-0.05, 0) is 13.2 Å². The summed E-state index contributed by atoms with van der Waals surface area (Å²) in [6.45, 7) is 1.94. The number of rotatable bonds is 8. The number of esters is 1. The molecule has 0 aliphatic rings. The Morgan fingerprint density at radius 1 is 0.829 bits per heavy atom. The van der Waals surface area contributed by atoms with Crippen molar-refractivity contribution in [2.75, 3.05) is 12.9 Å². The quantitative estimate of drug-likeness (QED) is 0.110. The standard InChI is InChI=1S/C34H28N3O2PS/c1-3-39-34(38)30-31(25-16-8-4-9-17-25)36-33(41-2)29(24-35)32(30)37-40(26-18-10-5-11-19-26,27-20-12-6-13-21-27)28-22-14-7-15-23-28/h4-23H,3H2,1-2H3. The SMILES string of the molecule is CCOC(=O)c1c(-c2ccccc2)nc(SC)c(C#N)c1N=P(c1ccccc1)(c1ccccc1)c1ccccc1. The average Bonchev–Trinajstić information content (AvgIpc) is 3.04. The van der Waals surface area contributed by atoms with Crippen LogP contribution in [0.25, 0.3) is 11.3 Å². The molecule has 0 amide bonds. The first kappa shape index (κ1) is 28.1. The molecule has 5 rings (SSSR count). The fraction of sp³-hybridized carbons (Fsp3) is 0.0882. The predicted octanol–water partition coefficient (Wildman–Crippen LogP) is 7.33. The van der Waals surface area contributed by atoms with Crippen molar-refractivity contribution in [2.45, 2.75) is 11.9 Å². The van der Waals surface area contributed by atoms with E-state index in [0.717, 1.165) is 21.5 Å². The van der Waals surface area contributed by atoms with Crippen LogP contribution in [-0.4, -0.2) is 23.8 Å². The molecule has 1 aromatic heterocycles. The highest BCUT2D eigenvalue weighted by molar-refractivity contribution is 7.98. The number of benzene rings is 4. The van der Waals surface area contributed by atoms with E-state index in [4.69, 9.17) is 14.5 Å². The van der Waals surface area contributed by atoms with Gasteiger partial charge in [0.1, 0.15) is 22.2 Å². The van der Waals surface area contributed by atoms with E-state index >= 15 is 0 Å². The second-order valence-electron chi connectivity index (χ2n) is 9.01. The van der Waals surface area contributed by atoms with Crippen molar-refractivity contribution in [2.24, 2.45) is 4.74 Å². The summed E-state index contributed by atoms with van der Waals surface area (Å²) in [5.74, 6) is -0.561. The number of thioether (sulfide) groups is 1. The Labute approximate surface area is 244 Å². The number of nitrogens with zero attached hydrogens (tertiary/aromatic N) is 3. The molecule has 5 nitrogen and oxygen atoms in total. The van der Waals surface area contributed by atoms with Gasteiger partial charge in [-0.3, -0.25) is 4.74 Å². The summed E-state index contributed by atoms with van der Waals surface area (Å²) in [6, 6.07) is 42.2. The molecule has 0 saturated heterocycles. The number of pyridine rings is 1. The molecule has 4 aromatic carbocycles. The normalized spacial score (nSPS) is 11.0. The molecule has 7 heteroatoms. The van der Waals surface area contributed by atoms with Crippen LogP contribution < -0.4 is 15.9 Å². The third-order valence-electron chi connectivity index (χ3n) is 6.61. The minimum absolute atomic E-state index is 0.176. The van der Waals surface area contributed by atoms with Crippen LogP contribution in [0.1, 0.15) is 22.8 Å². The summed E-state index contributed by atoms with van der Waals surface area (Å²) in [7, 11) is -2.81. The lowest BCUT2D eigenvalue weighted by Gasteiger charge is -2.28. The molecular weight excluding hydrogens is 545 g/mol. The van der Waals surface area contributed by atoms with Gasteiger partial charge in [0.15, 0.2) is 0 Å². The van der Waals surface area contributed by atoms with Gasteiger partial charge in [0.2, 0.25) is 0 Å². The van der Waals surface area contributed by atoms with Gasteiger partial charge in [-0.2, -0.15) is 5.26 Å². The number of nitriles is 1. The second kappa shape index (κ2) is 12.8. The highest BCUT2D eigenvalue weighted by atomic mass is 32.2. The van der Waals surface area contributed by atoms with Crippen molar-refractivity contribution >= 4 is 46.4 Å². The summed E-state index contributed by atoms with van der Waals surface area (Å²) in [6.07, 6.45) is 1.87. The number of hydrogen-bond donors (Lipinski definition) is 0. The molecule has 0 radical (unpaired) electrons. The average molecular weight is 574 g/mol. The van der Waals surface area contributed by atoms with Gasteiger partial charge in [-0.15, -0.1) is 11.8 Å². The van der Waals surface area contributed by atoms with Crippen molar-refractivity contribution in [3.8, 4) is 17.3 Å². The zero-order valence-electron chi connectivity index (χ0n) is 22.8. The highest BCUT2D eigenvalue weighted by Crippen LogP contribution is 2.52. The third-order valence-corrected chi connectivity index (χ3v) is 10.9. The van der Waals surface area contributed by atoms with Crippen molar-refractivity contribution in [3.05, 3.63) is 132 Å². The zero-order valence-corrected chi connectivity index (χ0v) is 24.5. The molecule has 0 aliphatic carbocycles. The van der Waals surface area contributed by atoms with Gasteiger partial charge in [-0.25, -0.2) is 9.78 Å². The molecular formula is C34H28N3O2PS. The molecule has 0 saturated carbocycles. The molecule has 0 spiro atoms. The Bertz CT molecular complexity index is 1650. The fourth-order valence-electron chi connectivity index (χ4n) is 4.80. The molecule has 41 heavy (non-hydrogen) atoms. The van der Waals surface area contributed by atoms with E-state index in [1.54, 1.807) is 6.92 Å². The minimum Gasteiger partial charge on any atom is -0.462 e. The first-order valence-electron chi connectivity index (χ1n) is 13.2. The van der Waals surface area contributed by atoms with Crippen molar-refractivity contribution < 1.29 is 9.53 Å². The third kappa shape index (κ3) is 5.47. The van der Waals surface area contributed by atoms with E-state index in [1.807, 2.05) is 91.2 Å². The first-order valence-corrected chi connectivity index (χ1v) is 16.1. The highest BCUT2D eigenvalue weighted by Gasteiger charge is 2.32. The van der Waals surface area contributed by atoms with Gasteiger partial charge in [0.25, 0.3) is 0 Å². The lowest BCUT2D eigenvalue weighted by atomic mass is 10.0. The maximum absolute atomic E-state index is 13.8. The number of carbonyl (C=O) groups is 1. The predicted molar refractivity (Wildman–Crippen MR) is 169 cm³/mol. The Kier molecular flexibility index (Phi) is 8.79. The lowest BCUT2D eigenvalue weighted by molar-refractivity contribution is 0.0527. The van der Waals surface area contributed by atoms with Gasteiger partial charge in [0.05, 0.1) is 25.0 Å². The number of carbonyl (C=O) groups excluding carboxylic acids is 1. The minimum atomic E-state index is -2.81. The fourth-order valence-corrected chi connectivity index (χ4v) is 8.88. The van der Waals surface area contributed by atoms with E-state index in [1.165, 1.54) is 11.8 Å². The van der Waals surface area contributed by atoms with Crippen LogP contribution in [0.4, 0.5) is 5.69 Å². The number of hydrogen-bond acceptors (Lipinski definition) is 6. The Balaban J connectivity index is 2.05. The van der Waals surface area contributed by atoms with Crippen LogP contribution in [0, 0.1) is 11.3 Å². The summed E-state index contributed by atoms with van der Waals surface area (Å²) >= 11 is 1.36. The molecule has 5 aromatic rings. The summed E-state index contributed by atoms with van der Waals surface area (Å²) in [5, 5.41) is 14.0. The monoisotopic (exact) mass is 573 g/mol.